The van der Waals surface area contributed by atoms with Crippen molar-refractivity contribution in [1.82, 2.24) is 0 Å². The highest BCUT2D eigenvalue weighted by atomic mass is 15.2. The van der Waals surface area contributed by atoms with Gasteiger partial charge < -0.3 is 9.80 Å². The summed E-state index contributed by atoms with van der Waals surface area (Å²) in [5.41, 5.74) is 22.3. The van der Waals surface area contributed by atoms with Crippen LogP contribution in [0, 0.1) is 0 Å². The van der Waals surface area contributed by atoms with Crippen LogP contribution in [-0.2, 0) is 57.8 Å². The molecule has 7 aromatic carbocycles. The van der Waals surface area contributed by atoms with Crippen LogP contribution >= 0.6 is 0 Å². The summed E-state index contributed by atoms with van der Waals surface area (Å²) < 4.78 is 0. The van der Waals surface area contributed by atoms with Crippen LogP contribution in [0.25, 0.3) is 21.5 Å². The van der Waals surface area contributed by atoms with E-state index < -0.39 is 0 Å². The van der Waals surface area contributed by atoms with Crippen molar-refractivity contribution >= 4 is 55.7 Å². The second-order valence-electron chi connectivity index (χ2n) is 41.8. The SMILES string of the molecule is CCCCCCCCCCc1cc(CCCCCCCCCC)cc(N(c2cc(CCCCCCCCCC)cc(CCCCCCCCCC)c2)c2c3ccccc3c(N(c3cc(CCCCCCCCCC)cc(CCCCCCCCCC)c3)c3ccc(CCCCCCCCCC)cc3CCCCCCCCCC)c3cc(CCCCCCCCCC)ccc23)c1. The third-order valence-electron chi connectivity index (χ3n) is 29.6. The molecule has 7 rings (SSSR count). The third-order valence-corrected chi connectivity index (χ3v) is 29.6. The zero-order valence-electron chi connectivity index (χ0n) is 87.6. The number of nitrogens with zero attached hydrogens (tertiary/aromatic N) is 2. The summed E-state index contributed by atoms with van der Waals surface area (Å²) in [7, 11) is 0. The number of benzene rings is 7. The van der Waals surface area contributed by atoms with Gasteiger partial charge in [-0.1, -0.05) is 534 Å². The quantitative estimate of drug-likeness (QED) is 0.0213. The van der Waals surface area contributed by atoms with E-state index >= 15 is 0 Å². The molecule has 0 aromatic heterocycles. The van der Waals surface area contributed by atoms with Crippen LogP contribution in [0.2, 0.25) is 0 Å². The average molecular weight is 1780 g/mol. The lowest BCUT2D eigenvalue weighted by molar-refractivity contribution is 0.574. The van der Waals surface area contributed by atoms with Crippen LogP contribution in [-0.4, -0.2) is 0 Å². The lowest BCUT2D eigenvalue weighted by atomic mass is 9.91. The zero-order chi connectivity index (χ0) is 91.8. The topological polar surface area (TPSA) is 6.48 Å². The van der Waals surface area contributed by atoms with Crippen molar-refractivity contribution < 1.29 is 0 Å². The molecular weight excluding hydrogens is 1570 g/mol. The van der Waals surface area contributed by atoms with Crippen molar-refractivity contribution in [3.8, 4) is 0 Å². The average Bonchev–Trinajstić information content (AvgIpc) is 0.716. The number of rotatable bonds is 87. The van der Waals surface area contributed by atoms with E-state index in [0.717, 1.165) is 57.8 Å². The molecule has 0 saturated carbocycles. The summed E-state index contributed by atoms with van der Waals surface area (Å²) >= 11 is 0. The van der Waals surface area contributed by atoms with E-state index in [2.05, 4.69) is 187 Å². The van der Waals surface area contributed by atoms with Crippen molar-refractivity contribution in [2.45, 2.75) is 582 Å². The van der Waals surface area contributed by atoms with E-state index in [4.69, 9.17) is 0 Å². The number of hydrogen-bond donors (Lipinski definition) is 0. The third kappa shape index (κ3) is 46.5. The normalized spacial score (nSPS) is 11.8. The van der Waals surface area contributed by atoms with E-state index in [9.17, 15) is 0 Å². The highest BCUT2D eigenvalue weighted by molar-refractivity contribution is 6.23. The molecule has 0 spiro atoms. The van der Waals surface area contributed by atoms with Gasteiger partial charge in [0.15, 0.2) is 0 Å². The smallest absolute Gasteiger partial charge is 0.0620 e. The summed E-state index contributed by atoms with van der Waals surface area (Å²) in [6.07, 6.45) is 107. The maximum Gasteiger partial charge on any atom is 0.0620 e. The van der Waals surface area contributed by atoms with Gasteiger partial charge in [0.05, 0.1) is 11.4 Å². The summed E-state index contributed by atoms with van der Waals surface area (Å²) in [6.45, 7) is 21.3. The van der Waals surface area contributed by atoms with Gasteiger partial charge >= 0.3 is 0 Å². The molecule has 0 atom stereocenters. The van der Waals surface area contributed by atoms with Gasteiger partial charge in [-0.15, -0.1) is 0 Å². The maximum absolute atomic E-state index is 2.98. The minimum absolute atomic E-state index is 1.10. The summed E-state index contributed by atoms with van der Waals surface area (Å²) in [4.78, 5) is 5.92. The van der Waals surface area contributed by atoms with Gasteiger partial charge in [-0.2, -0.15) is 0 Å². The Labute approximate surface area is 807 Å². The molecule has 7 aromatic rings. The van der Waals surface area contributed by atoms with Crippen LogP contribution < -0.4 is 9.80 Å². The second kappa shape index (κ2) is 74.9. The lowest BCUT2D eigenvalue weighted by Crippen LogP contribution is -2.17. The minimum Gasteiger partial charge on any atom is -0.309 e. The number of unbranched alkanes of at least 4 members (excludes halogenated alkanes) is 63. The molecule has 0 amide bonds. The Bertz CT molecular complexity index is 3680. The molecule has 0 aliphatic carbocycles. The van der Waals surface area contributed by atoms with E-state index in [1.165, 1.54) is 524 Å². The molecule has 0 fully saturated rings. The summed E-state index contributed by atoms with van der Waals surface area (Å²) in [5.74, 6) is 0. The van der Waals surface area contributed by atoms with Gasteiger partial charge in [-0.05, 0) is 214 Å². The fraction of sp³-hybridized carbons (Fsp3) is 0.703. The fourth-order valence-corrected chi connectivity index (χ4v) is 21.5. The number of anilines is 6. The van der Waals surface area contributed by atoms with E-state index in [1.54, 1.807) is 44.5 Å². The predicted octanol–water partition coefficient (Wildman–Crippen LogP) is 44.1. The standard InChI is InChI=1S/C128H208N2/c1-10-19-28-37-46-55-64-73-84-110-96-98-126(118(102-110)92-81-72-63-54-45-36-27-18-9)130(121-107-116(90-79-70-61-52-43-34-25-16-7)101-117(108-121)91-80-71-62-53-44-35-26-17-8)128-123-94-83-82-93-122(123)127(124-97-95-111(109-125(124)128)85-74-65-56-47-38-29-20-11-2)129(119-103-112(86-75-66-57-48-39-30-21-12-3)99-113(104-119)87-76-67-58-49-40-31-22-13-4)120-105-114(88-77-68-59-50-41-32-23-14-5)100-115(106-120)89-78-69-60-51-42-33-24-15-6/h82-83,93-109H,10-81,84-92H2,1-9H3. The first-order valence-electron chi connectivity index (χ1n) is 58.4. The maximum atomic E-state index is 2.98. The molecule has 0 aliphatic rings. The summed E-state index contributed by atoms with van der Waals surface area (Å²) in [6, 6.07) is 51.1. The van der Waals surface area contributed by atoms with Crippen molar-refractivity contribution in [3.05, 3.63) is 165 Å². The Hall–Kier alpha value is -5.34. The van der Waals surface area contributed by atoms with Gasteiger partial charge in [-0.25, -0.2) is 0 Å². The molecule has 0 radical (unpaired) electrons. The second-order valence-corrected chi connectivity index (χ2v) is 41.8. The van der Waals surface area contributed by atoms with Gasteiger partial charge in [0, 0.05) is 44.3 Å². The molecule has 2 nitrogen and oxygen atoms in total. The first kappa shape index (κ1) is 112. The van der Waals surface area contributed by atoms with Crippen molar-refractivity contribution in [1.29, 1.82) is 0 Å². The summed E-state index contributed by atoms with van der Waals surface area (Å²) in [5, 5.41) is 5.60. The Morgan fingerprint density at radius 1 is 0.146 bits per heavy atom. The van der Waals surface area contributed by atoms with Crippen molar-refractivity contribution in [2.24, 2.45) is 0 Å². The van der Waals surface area contributed by atoms with E-state index in [1.807, 2.05) is 0 Å². The monoisotopic (exact) mass is 1770 g/mol. The van der Waals surface area contributed by atoms with Gasteiger partial charge in [0.25, 0.3) is 0 Å². The number of fused-ring (bicyclic) bond motifs is 2. The Morgan fingerprint density at radius 2 is 0.338 bits per heavy atom. The highest BCUT2D eigenvalue weighted by Gasteiger charge is 2.29. The number of hydrogen-bond acceptors (Lipinski definition) is 2. The lowest BCUT2D eigenvalue weighted by Gasteiger charge is -2.35. The molecule has 0 saturated heterocycles. The zero-order valence-corrected chi connectivity index (χ0v) is 87.6. The Balaban J connectivity index is 1.60. The van der Waals surface area contributed by atoms with Crippen LogP contribution in [0.4, 0.5) is 34.1 Å². The van der Waals surface area contributed by atoms with Crippen LogP contribution in [0.1, 0.15) is 575 Å². The van der Waals surface area contributed by atoms with E-state index in [0.29, 0.717) is 0 Å². The van der Waals surface area contributed by atoms with Crippen molar-refractivity contribution in [2.75, 3.05) is 9.80 Å². The first-order valence-corrected chi connectivity index (χ1v) is 58.4. The molecule has 0 heterocycles. The molecule has 0 unspecified atom stereocenters. The van der Waals surface area contributed by atoms with Crippen molar-refractivity contribution in [3.63, 3.8) is 0 Å². The molecule has 0 N–H and O–H groups in total. The number of aryl methyl sites for hydroxylation is 9. The highest BCUT2D eigenvalue weighted by Crippen LogP contribution is 2.53. The Kier molecular flexibility index (Phi) is 64.3. The fourth-order valence-electron chi connectivity index (χ4n) is 21.5. The largest absolute Gasteiger partial charge is 0.309 e. The molecular formula is C128H208N2. The molecule has 0 bridgehead atoms. The Morgan fingerprint density at radius 3 is 0.592 bits per heavy atom. The molecule has 2 heteroatoms. The first-order chi connectivity index (χ1) is 64.3. The minimum atomic E-state index is 1.10. The predicted molar refractivity (Wildman–Crippen MR) is 588 cm³/mol. The van der Waals surface area contributed by atoms with Gasteiger partial charge in [-0.3, -0.25) is 0 Å². The molecule has 130 heavy (non-hydrogen) atoms. The van der Waals surface area contributed by atoms with E-state index in [-0.39, 0.29) is 0 Å². The van der Waals surface area contributed by atoms with Crippen LogP contribution in [0.3, 0.4) is 0 Å². The van der Waals surface area contributed by atoms with Crippen LogP contribution in [0.5, 0.6) is 0 Å². The van der Waals surface area contributed by atoms with Gasteiger partial charge in [0.1, 0.15) is 0 Å². The molecule has 730 valence electrons. The molecule has 0 aliphatic heterocycles. The van der Waals surface area contributed by atoms with Gasteiger partial charge in [0.2, 0.25) is 0 Å². The van der Waals surface area contributed by atoms with Crippen LogP contribution in [0.15, 0.2) is 115 Å².